The van der Waals surface area contributed by atoms with Crippen LogP contribution < -0.4 is 0 Å². The SMILES string of the molecule is CC/C=C/C/C=C/C/C=C/C/C=C/CCCCCCCCCCCCC(=O)OCC(COCCC(C(=O)O)[N+](C)(C)C)OC(=O)CCCCCCCCCCCC/C=C/C=C/CCCCC. The molecule has 0 saturated carbocycles. The Labute approximate surface area is 406 Å². The zero-order valence-corrected chi connectivity index (χ0v) is 43.4. The van der Waals surface area contributed by atoms with Gasteiger partial charge in [0.2, 0.25) is 0 Å². The van der Waals surface area contributed by atoms with E-state index in [9.17, 15) is 19.5 Å². The molecule has 0 aliphatic heterocycles. The van der Waals surface area contributed by atoms with Crippen molar-refractivity contribution in [2.45, 2.75) is 238 Å². The van der Waals surface area contributed by atoms with Gasteiger partial charge in [-0.2, -0.15) is 0 Å². The molecular formula is C58H102NO7+. The Balaban J connectivity index is 4.22. The van der Waals surface area contributed by atoms with Crippen LogP contribution in [0.25, 0.3) is 0 Å². The van der Waals surface area contributed by atoms with Crippen LogP contribution in [0.1, 0.15) is 226 Å². The third kappa shape index (κ3) is 45.9. The highest BCUT2D eigenvalue weighted by Gasteiger charge is 2.31. The number of carbonyl (C=O) groups excluding carboxylic acids is 2. The maximum absolute atomic E-state index is 12.8. The van der Waals surface area contributed by atoms with Crippen molar-refractivity contribution < 1.29 is 38.2 Å². The second-order valence-corrected chi connectivity index (χ2v) is 19.1. The number of carboxylic acids is 1. The molecule has 0 fully saturated rings. The number of aliphatic carboxylic acids is 1. The Morgan fingerprint density at radius 3 is 1.35 bits per heavy atom. The van der Waals surface area contributed by atoms with Crippen LogP contribution in [-0.4, -0.2) is 80.6 Å². The molecule has 0 aliphatic rings. The summed E-state index contributed by atoms with van der Waals surface area (Å²) in [4.78, 5) is 37.2. The van der Waals surface area contributed by atoms with Gasteiger partial charge in [-0.1, -0.05) is 202 Å². The van der Waals surface area contributed by atoms with E-state index in [1.165, 1.54) is 128 Å². The van der Waals surface area contributed by atoms with Gasteiger partial charge in [0.25, 0.3) is 0 Å². The molecule has 0 amide bonds. The second kappa shape index (κ2) is 48.2. The zero-order valence-electron chi connectivity index (χ0n) is 43.4. The highest BCUT2D eigenvalue weighted by molar-refractivity contribution is 5.72. The third-order valence-electron chi connectivity index (χ3n) is 11.9. The van der Waals surface area contributed by atoms with Crippen molar-refractivity contribution in [1.29, 1.82) is 0 Å². The fourth-order valence-electron chi connectivity index (χ4n) is 7.72. The monoisotopic (exact) mass is 925 g/mol. The average Bonchev–Trinajstić information content (AvgIpc) is 3.28. The van der Waals surface area contributed by atoms with Gasteiger partial charge in [-0.05, 0) is 77.0 Å². The number of likely N-dealkylation sites (N-methyl/N-ethyl adjacent to an activating group) is 1. The fraction of sp³-hybridized carbons (Fsp3) is 0.741. The van der Waals surface area contributed by atoms with E-state index in [-0.39, 0.29) is 36.2 Å². The first-order valence-electron chi connectivity index (χ1n) is 27.0. The van der Waals surface area contributed by atoms with Crippen molar-refractivity contribution in [1.82, 2.24) is 0 Å². The molecule has 8 heteroatoms. The van der Waals surface area contributed by atoms with E-state index in [1.54, 1.807) is 0 Å². The number of esters is 2. The summed E-state index contributed by atoms with van der Waals surface area (Å²) in [6.07, 6.45) is 62.3. The lowest BCUT2D eigenvalue weighted by Crippen LogP contribution is -2.50. The molecule has 0 radical (unpaired) electrons. The molecule has 0 bridgehead atoms. The van der Waals surface area contributed by atoms with Crippen LogP contribution in [-0.2, 0) is 28.6 Å². The van der Waals surface area contributed by atoms with E-state index >= 15 is 0 Å². The van der Waals surface area contributed by atoms with E-state index < -0.39 is 18.1 Å². The van der Waals surface area contributed by atoms with E-state index in [4.69, 9.17) is 14.2 Å². The molecule has 66 heavy (non-hydrogen) atoms. The van der Waals surface area contributed by atoms with Crippen molar-refractivity contribution in [3.63, 3.8) is 0 Å². The van der Waals surface area contributed by atoms with Crippen LogP contribution in [0.5, 0.6) is 0 Å². The van der Waals surface area contributed by atoms with Gasteiger partial charge in [-0.3, -0.25) is 9.59 Å². The summed E-state index contributed by atoms with van der Waals surface area (Å²) >= 11 is 0. The van der Waals surface area contributed by atoms with E-state index in [2.05, 4.69) is 86.8 Å². The van der Waals surface area contributed by atoms with Crippen LogP contribution in [0.15, 0.2) is 72.9 Å². The van der Waals surface area contributed by atoms with Crippen LogP contribution >= 0.6 is 0 Å². The number of carbonyl (C=O) groups is 3. The van der Waals surface area contributed by atoms with E-state index in [1.807, 2.05) is 21.1 Å². The first kappa shape index (κ1) is 62.8. The van der Waals surface area contributed by atoms with Crippen molar-refractivity contribution in [2.24, 2.45) is 0 Å². The summed E-state index contributed by atoms with van der Waals surface area (Å²) in [5.41, 5.74) is 0. The van der Waals surface area contributed by atoms with Crippen molar-refractivity contribution >= 4 is 17.9 Å². The number of carboxylic acid groups (broad SMARTS) is 1. The minimum Gasteiger partial charge on any atom is -0.477 e. The van der Waals surface area contributed by atoms with Gasteiger partial charge in [0, 0.05) is 19.3 Å². The van der Waals surface area contributed by atoms with Gasteiger partial charge < -0.3 is 23.8 Å². The highest BCUT2D eigenvalue weighted by atomic mass is 16.6. The first-order valence-corrected chi connectivity index (χ1v) is 27.0. The third-order valence-corrected chi connectivity index (χ3v) is 11.9. The molecule has 380 valence electrons. The minimum absolute atomic E-state index is 0.0566. The first-order chi connectivity index (χ1) is 32.1. The van der Waals surface area contributed by atoms with Crippen molar-refractivity contribution in [3.05, 3.63) is 72.9 Å². The van der Waals surface area contributed by atoms with E-state index in [0.29, 0.717) is 19.3 Å². The molecule has 0 saturated heterocycles. The molecule has 0 aromatic rings. The quantitative estimate of drug-likeness (QED) is 0.0213. The number of ether oxygens (including phenoxy) is 3. The summed E-state index contributed by atoms with van der Waals surface area (Å²) in [5, 5.41) is 9.67. The Hall–Kier alpha value is -3.23. The standard InChI is InChI=1S/C58H101NO7/c1-6-8-10-12-14-16-18-20-22-24-26-27-28-29-31-32-34-36-38-40-42-44-46-48-56(60)65-53-54(52-64-51-50-55(58(62)63)59(3,4)5)66-57(61)49-47-45-43-41-39-37-35-33-30-25-23-21-19-17-15-13-11-9-7-2/h8,10,14-17,19-22,26-27,54-55H,6-7,9,11-13,18,23-25,28-53H2,1-5H3/p+1/b10-8+,16-14+,17-15+,21-19+,22-20+,27-26+. The Morgan fingerprint density at radius 1 is 0.485 bits per heavy atom. The summed E-state index contributed by atoms with van der Waals surface area (Å²) < 4.78 is 17.4. The second-order valence-electron chi connectivity index (χ2n) is 19.1. The molecular weight excluding hydrogens is 823 g/mol. The molecule has 0 aliphatic carbocycles. The van der Waals surface area contributed by atoms with Crippen LogP contribution in [0.2, 0.25) is 0 Å². The molecule has 0 aromatic carbocycles. The Morgan fingerprint density at radius 2 is 0.894 bits per heavy atom. The van der Waals surface area contributed by atoms with Gasteiger partial charge in [0.05, 0.1) is 34.4 Å². The zero-order chi connectivity index (χ0) is 48.4. The summed E-state index contributed by atoms with van der Waals surface area (Å²) in [7, 11) is 5.54. The lowest BCUT2D eigenvalue weighted by molar-refractivity contribution is -0.887. The van der Waals surface area contributed by atoms with Crippen LogP contribution in [0, 0.1) is 0 Å². The van der Waals surface area contributed by atoms with E-state index in [0.717, 1.165) is 64.2 Å². The Bertz CT molecular complexity index is 1310. The predicted octanol–water partition coefficient (Wildman–Crippen LogP) is 15.9. The van der Waals surface area contributed by atoms with Crippen LogP contribution in [0.4, 0.5) is 0 Å². The number of quaternary nitrogens is 1. The maximum atomic E-state index is 12.8. The summed E-state index contributed by atoms with van der Waals surface area (Å²) in [6.45, 7) is 4.61. The van der Waals surface area contributed by atoms with Crippen molar-refractivity contribution in [2.75, 3.05) is 41.0 Å². The molecule has 0 heterocycles. The number of unbranched alkanes of at least 4 members (excludes halogenated alkanes) is 23. The van der Waals surface area contributed by atoms with Crippen LogP contribution in [0.3, 0.4) is 0 Å². The largest absolute Gasteiger partial charge is 0.477 e. The van der Waals surface area contributed by atoms with Gasteiger partial charge in [0.15, 0.2) is 12.1 Å². The fourth-order valence-corrected chi connectivity index (χ4v) is 7.72. The predicted molar refractivity (Wildman–Crippen MR) is 280 cm³/mol. The molecule has 0 spiro atoms. The molecule has 2 atom stereocenters. The van der Waals surface area contributed by atoms with Crippen molar-refractivity contribution in [3.8, 4) is 0 Å². The topological polar surface area (TPSA) is 99.1 Å². The highest BCUT2D eigenvalue weighted by Crippen LogP contribution is 2.15. The number of rotatable bonds is 48. The number of hydrogen-bond donors (Lipinski definition) is 1. The summed E-state index contributed by atoms with van der Waals surface area (Å²) in [5.74, 6) is -1.47. The minimum atomic E-state index is -0.876. The average molecular weight is 925 g/mol. The molecule has 0 aromatic heterocycles. The number of nitrogens with zero attached hydrogens (tertiary/aromatic N) is 1. The number of allylic oxidation sites excluding steroid dienone is 12. The molecule has 0 rings (SSSR count). The molecule has 1 N–H and O–H groups in total. The van der Waals surface area contributed by atoms with Gasteiger partial charge in [-0.25, -0.2) is 4.79 Å². The van der Waals surface area contributed by atoms with Gasteiger partial charge in [0.1, 0.15) is 6.61 Å². The summed E-state index contributed by atoms with van der Waals surface area (Å²) in [6, 6.07) is -0.619. The Kier molecular flexibility index (Phi) is 45.9. The lowest BCUT2D eigenvalue weighted by Gasteiger charge is -2.31. The lowest BCUT2D eigenvalue weighted by atomic mass is 10.0. The number of hydrogen-bond acceptors (Lipinski definition) is 6. The van der Waals surface area contributed by atoms with Gasteiger partial charge in [-0.15, -0.1) is 0 Å². The normalized spacial score (nSPS) is 13.4. The molecule has 8 nitrogen and oxygen atoms in total. The molecule has 2 unspecified atom stereocenters. The smallest absolute Gasteiger partial charge is 0.362 e. The maximum Gasteiger partial charge on any atom is 0.362 e. The van der Waals surface area contributed by atoms with Gasteiger partial charge >= 0.3 is 17.9 Å².